The van der Waals surface area contributed by atoms with Gasteiger partial charge < -0.3 is 5.32 Å². The first kappa shape index (κ1) is 19.9. The van der Waals surface area contributed by atoms with Crippen LogP contribution in [0.15, 0.2) is 53.4 Å². The summed E-state index contributed by atoms with van der Waals surface area (Å²) in [5, 5.41) is 3.39. The second kappa shape index (κ2) is 7.65. The van der Waals surface area contributed by atoms with Gasteiger partial charge in [-0.25, -0.2) is 17.1 Å². The standard InChI is InChI=1S/C20H20FN3O3S/c1-13-17(10-14-8-9-16(21)11-18(14)23-13)20(25)22-12-15-6-4-5-7-19(15)28(26,27)24(2)3/h4-11H,12H2,1-3H3,(H,22,25). The monoisotopic (exact) mass is 401 g/mol. The molecule has 8 heteroatoms. The number of benzene rings is 2. The van der Waals surface area contributed by atoms with Gasteiger partial charge in [-0.15, -0.1) is 0 Å². The molecule has 1 amide bonds. The van der Waals surface area contributed by atoms with Gasteiger partial charge in [0.05, 0.1) is 21.7 Å². The van der Waals surface area contributed by atoms with E-state index in [0.717, 1.165) is 4.31 Å². The molecule has 0 aliphatic heterocycles. The van der Waals surface area contributed by atoms with Crippen LogP contribution in [0.4, 0.5) is 4.39 Å². The van der Waals surface area contributed by atoms with Gasteiger partial charge in [-0.3, -0.25) is 9.78 Å². The van der Waals surface area contributed by atoms with Crippen LogP contribution in [0.25, 0.3) is 10.9 Å². The molecule has 0 unspecified atom stereocenters. The van der Waals surface area contributed by atoms with Crippen LogP contribution in [0.1, 0.15) is 21.6 Å². The minimum absolute atomic E-state index is 0.0446. The van der Waals surface area contributed by atoms with Crippen molar-refractivity contribution in [3.8, 4) is 0 Å². The Morgan fingerprint density at radius 1 is 1.14 bits per heavy atom. The highest BCUT2D eigenvalue weighted by Gasteiger charge is 2.21. The average Bonchev–Trinajstić information content (AvgIpc) is 2.65. The first-order valence-electron chi connectivity index (χ1n) is 8.55. The van der Waals surface area contributed by atoms with E-state index in [1.807, 2.05) is 0 Å². The number of sulfonamides is 1. The fraction of sp³-hybridized carbons (Fsp3) is 0.200. The third-order valence-corrected chi connectivity index (χ3v) is 6.30. The number of carbonyl (C=O) groups excluding carboxylic acids is 1. The molecule has 0 aliphatic carbocycles. The van der Waals surface area contributed by atoms with Crippen molar-refractivity contribution in [2.45, 2.75) is 18.4 Å². The minimum Gasteiger partial charge on any atom is -0.348 e. The lowest BCUT2D eigenvalue weighted by molar-refractivity contribution is 0.0949. The van der Waals surface area contributed by atoms with E-state index in [1.54, 1.807) is 37.3 Å². The number of hydrogen-bond donors (Lipinski definition) is 1. The number of carbonyl (C=O) groups is 1. The lowest BCUT2D eigenvalue weighted by Crippen LogP contribution is -2.27. The molecule has 0 saturated carbocycles. The molecule has 0 aliphatic rings. The normalized spacial score (nSPS) is 11.8. The van der Waals surface area contributed by atoms with E-state index in [0.29, 0.717) is 27.7 Å². The van der Waals surface area contributed by atoms with Crippen molar-refractivity contribution in [2.24, 2.45) is 0 Å². The molecule has 1 heterocycles. The second-order valence-electron chi connectivity index (χ2n) is 6.54. The quantitative estimate of drug-likeness (QED) is 0.713. The van der Waals surface area contributed by atoms with Gasteiger partial charge in [-0.2, -0.15) is 0 Å². The molecule has 6 nitrogen and oxygen atoms in total. The van der Waals surface area contributed by atoms with Crippen LogP contribution < -0.4 is 5.32 Å². The summed E-state index contributed by atoms with van der Waals surface area (Å²) in [4.78, 5) is 17.1. The fourth-order valence-electron chi connectivity index (χ4n) is 2.84. The van der Waals surface area contributed by atoms with Crippen LogP contribution in [0.5, 0.6) is 0 Å². The zero-order valence-corrected chi connectivity index (χ0v) is 16.5. The summed E-state index contributed by atoms with van der Waals surface area (Å²) in [5.41, 5.74) is 1.77. The molecule has 1 N–H and O–H groups in total. The van der Waals surface area contributed by atoms with Gasteiger partial charge in [0.15, 0.2) is 0 Å². The molecule has 2 aromatic carbocycles. The summed E-state index contributed by atoms with van der Waals surface area (Å²) < 4.78 is 39.4. The molecule has 3 rings (SSSR count). The third kappa shape index (κ3) is 3.88. The molecule has 0 bridgehead atoms. The Kier molecular flexibility index (Phi) is 5.44. The third-order valence-electron chi connectivity index (χ3n) is 4.39. The number of hydrogen-bond acceptors (Lipinski definition) is 4. The van der Waals surface area contributed by atoms with Crippen molar-refractivity contribution in [1.82, 2.24) is 14.6 Å². The number of nitrogens with zero attached hydrogens (tertiary/aromatic N) is 2. The summed E-state index contributed by atoms with van der Waals surface area (Å²) in [7, 11) is -0.715. The fourth-order valence-corrected chi connectivity index (χ4v) is 3.95. The molecule has 0 fully saturated rings. The Balaban J connectivity index is 1.87. The number of fused-ring (bicyclic) bond motifs is 1. The Morgan fingerprint density at radius 2 is 1.86 bits per heavy atom. The first-order chi connectivity index (χ1) is 13.2. The highest BCUT2D eigenvalue weighted by atomic mass is 32.2. The van der Waals surface area contributed by atoms with Crippen molar-refractivity contribution in [2.75, 3.05) is 14.1 Å². The van der Waals surface area contributed by atoms with E-state index in [2.05, 4.69) is 10.3 Å². The number of halogens is 1. The largest absolute Gasteiger partial charge is 0.348 e. The van der Waals surface area contributed by atoms with Gasteiger partial charge in [0.25, 0.3) is 5.91 Å². The summed E-state index contributed by atoms with van der Waals surface area (Å²) in [6.45, 7) is 1.71. The number of aryl methyl sites for hydroxylation is 1. The Bertz CT molecular complexity index is 1160. The lowest BCUT2D eigenvalue weighted by Gasteiger charge is -2.15. The Morgan fingerprint density at radius 3 is 2.57 bits per heavy atom. The van der Waals surface area contributed by atoms with Gasteiger partial charge in [-0.1, -0.05) is 18.2 Å². The molecule has 3 aromatic rings. The molecule has 146 valence electrons. The summed E-state index contributed by atoms with van der Waals surface area (Å²) in [5.74, 6) is -0.774. The number of amides is 1. The van der Waals surface area contributed by atoms with E-state index in [4.69, 9.17) is 0 Å². The first-order valence-corrected chi connectivity index (χ1v) is 9.99. The zero-order chi connectivity index (χ0) is 20.5. The van der Waals surface area contributed by atoms with Crippen LogP contribution in [0.2, 0.25) is 0 Å². The number of pyridine rings is 1. The van der Waals surface area contributed by atoms with Gasteiger partial charge in [0.2, 0.25) is 10.0 Å². The van der Waals surface area contributed by atoms with Crippen LogP contribution >= 0.6 is 0 Å². The van der Waals surface area contributed by atoms with Crippen LogP contribution in [-0.2, 0) is 16.6 Å². The van der Waals surface area contributed by atoms with Crippen molar-refractivity contribution >= 4 is 26.8 Å². The van der Waals surface area contributed by atoms with Crippen molar-refractivity contribution in [3.63, 3.8) is 0 Å². The number of rotatable bonds is 5. The Hall–Kier alpha value is -2.84. The smallest absolute Gasteiger partial charge is 0.253 e. The van der Waals surface area contributed by atoms with E-state index in [9.17, 15) is 17.6 Å². The van der Waals surface area contributed by atoms with Crippen LogP contribution in [0, 0.1) is 12.7 Å². The summed E-state index contributed by atoms with van der Waals surface area (Å²) >= 11 is 0. The van der Waals surface area contributed by atoms with Crippen molar-refractivity contribution < 1.29 is 17.6 Å². The maximum atomic E-state index is 13.4. The summed E-state index contributed by atoms with van der Waals surface area (Å²) in [6.07, 6.45) is 0. The summed E-state index contributed by atoms with van der Waals surface area (Å²) in [6, 6.07) is 12.3. The van der Waals surface area contributed by atoms with E-state index < -0.39 is 15.8 Å². The zero-order valence-electron chi connectivity index (χ0n) is 15.7. The maximum absolute atomic E-state index is 13.4. The lowest BCUT2D eigenvalue weighted by atomic mass is 10.1. The molecule has 0 radical (unpaired) electrons. The predicted molar refractivity (Wildman–Crippen MR) is 105 cm³/mol. The SMILES string of the molecule is Cc1nc2cc(F)ccc2cc1C(=O)NCc1ccccc1S(=O)(=O)N(C)C. The van der Waals surface area contributed by atoms with Gasteiger partial charge >= 0.3 is 0 Å². The molecular formula is C20H20FN3O3S. The molecule has 0 atom stereocenters. The number of nitrogens with one attached hydrogen (secondary N) is 1. The van der Waals surface area contributed by atoms with E-state index in [1.165, 1.54) is 32.3 Å². The highest BCUT2D eigenvalue weighted by molar-refractivity contribution is 7.89. The molecule has 1 aromatic heterocycles. The molecule has 0 saturated heterocycles. The second-order valence-corrected chi connectivity index (χ2v) is 8.66. The number of aromatic nitrogens is 1. The maximum Gasteiger partial charge on any atom is 0.253 e. The van der Waals surface area contributed by atoms with Gasteiger partial charge in [0, 0.05) is 32.1 Å². The predicted octanol–water partition coefficient (Wildman–Crippen LogP) is 2.86. The van der Waals surface area contributed by atoms with Gasteiger partial charge in [-0.05, 0) is 36.8 Å². The average molecular weight is 401 g/mol. The molecular weight excluding hydrogens is 381 g/mol. The van der Waals surface area contributed by atoms with Gasteiger partial charge in [0.1, 0.15) is 5.82 Å². The molecule has 28 heavy (non-hydrogen) atoms. The Labute approximate surface area is 163 Å². The van der Waals surface area contributed by atoms with E-state index in [-0.39, 0.29) is 17.3 Å². The van der Waals surface area contributed by atoms with E-state index >= 15 is 0 Å². The topological polar surface area (TPSA) is 79.4 Å². The van der Waals surface area contributed by atoms with Crippen LogP contribution in [-0.4, -0.2) is 37.7 Å². The highest BCUT2D eigenvalue weighted by Crippen LogP contribution is 2.20. The molecule has 0 spiro atoms. The van der Waals surface area contributed by atoms with Crippen LogP contribution in [0.3, 0.4) is 0 Å². The van der Waals surface area contributed by atoms with Crippen molar-refractivity contribution in [1.29, 1.82) is 0 Å². The minimum atomic E-state index is -3.63. The van der Waals surface area contributed by atoms with Crippen molar-refractivity contribution in [3.05, 3.63) is 71.2 Å².